The molecule has 0 unspecified atom stereocenters. The quantitative estimate of drug-likeness (QED) is 0.671. The van der Waals surface area contributed by atoms with Gasteiger partial charge in [-0.1, -0.05) is 55.3 Å². The lowest BCUT2D eigenvalue weighted by Crippen LogP contribution is -2.42. The third kappa shape index (κ3) is 4.20. The average molecular weight is 404 g/mol. The van der Waals surface area contributed by atoms with Gasteiger partial charge in [-0.2, -0.15) is 0 Å². The molecule has 4 nitrogen and oxygen atoms in total. The van der Waals surface area contributed by atoms with Crippen molar-refractivity contribution in [2.75, 3.05) is 0 Å². The predicted molar refractivity (Wildman–Crippen MR) is 115 cm³/mol. The van der Waals surface area contributed by atoms with E-state index in [-0.39, 0.29) is 17.3 Å². The number of carbonyl (C=O) groups is 1. The predicted octanol–water partition coefficient (Wildman–Crippen LogP) is 4.16. The molecule has 1 heterocycles. The van der Waals surface area contributed by atoms with Gasteiger partial charge >= 0.3 is 0 Å². The minimum atomic E-state index is -0.642. The summed E-state index contributed by atoms with van der Waals surface area (Å²) in [6, 6.07) is 19.4. The van der Waals surface area contributed by atoms with E-state index in [1.165, 1.54) is 12.1 Å². The average Bonchev–Trinajstić information content (AvgIpc) is 3.26. The number of amides is 1. The van der Waals surface area contributed by atoms with Gasteiger partial charge in [0.05, 0.1) is 12.0 Å². The Hall–Kier alpha value is -3.21. The van der Waals surface area contributed by atoms with Gasteiger partial charge < -0.3 is 9.88 Å². The Balaban J connectivity index is 1.43. The lowest BCUT2D eigenvalue weighted by Gasteiger charge is -2.28. The molecular weight excluding hydrogens is 379 g/mol. The number of pyridine rings is 1. The lowest BCUT2D eigenvalue weighted by atomic mass is 9.78. The van der Waals surface area contributed by atoms with Crippen LogP contribution in [0.2, 0.25) is 0 Å². The Labute approximate surface area is 175 Å². The van der Waals surface area contributed by atoms with Crippen LogP contribution in [0.5, 0.6) is 0 Å². The first-order chi connectivity index (χ1) is 14.6. The zero-order chi connectivity index (χ0) is 21.0. The molecule has 1 fully saturated rings. The van der Waals surface area contributed by atoms with E-state index in [1.54, 1.807) is 29.0 Å². The fraction of sp³-hybridized carbons (Fsp3) is 0.280. The van der Waals surface area contributed by atoms with Gasteiger partial charge in [0.2, 0.25) is 5.91 Å². The molecule has 30 heavy (non-hydrogen) atoms. The van der Waals surface area contributed by atoms with Gasteiger partial charge in [0.1, 0.15) is 5.82 Å². The maximum absolute atomic E-state index is 13.8. The van der Waals surface area contributed by atoms with Crippen LogP contribution in [0.15, 0.2) is 77.7 Å². The molecule has 5 heteroatoms. The maximum atomic E-state index is 13.8. The molecule has 4 rings (SSSR count). The van der Waals surface area contributed by atoms with E-state index < -0.39 is 5.41 Å². The molecular formula is C25H25FN2O2. The Morgan fingerprint density at radius 1 is 0.967 bits per heavy atom. The Kier molecular flexibility index (Phi) is 5.79. The van der Waals surface area contributed by atoms with E-state index in [9.17, 15) is 14.0 Å². The summed E-state index contributed by atoms with van der Waals surface area (Å²) in [5, 5.41) is 3.06. The number of aromatic nitrogens is 1. The van der Waals surface area contributed by atoms with Crippen molar-refractivity contribution in [1.82, 2.24) is 9.88 Å². The van der Waals surface area contributed by atoms with Gasteiger partial charge in [-0.3, -0.25) is 9.59 Å². The third-order valence-electron chi connectivity index (χ3n) is 6.00. The summed E-state index contributed by atoms with van der Waals surface area (Å²) >= 11 is 0. The Morgan fingerprint density at radius 3 is 2.40 bits per heavy atom. The SMILES string of the molecule is O=C(NCc1ccc(Cn2ccccc2=O)cc1)C1(c2cccc(F)c2)CCCC1. The molecule has 0 aliphatic heterocycles. The monoisotopic (exact) mass is 404 g/mol. The second-order valence-corrected chi connectivity index (χ2v) is 7.97. The molecule has 0 atom stereocenters. The molecule has 1 aliphatic carbocycles. The van der Waals surface area contributed by atoms with Crippen LogP contribution in [-0.4, -0.2) is 10.5 Å². The normalized spacial score (nSPS) is 15.1. The molecule has 0 saturated heterocycles. The highest BCUT2D eigenvalue weighted by molar-refractivity contribution is 5.88. The molecule has 1 saturated carbocycles. The van der Waals surface area contributed by atoms with Gasteiger partial charge in [-0.05, 0) is 47.7 Å². The lowest BCUT2D eigenvalue weighted by molar-refractivity contribution is -0.126. The van der Waals surface area contributed by atoms with E-state index in [1.807, 2.05) is 36.4 Å². The number of rotatable bonds is 6. The first-order valence-corrected chi connectivity index (χ1v) is 10.3. The van der Waals surface area contributed by atoms with Gasteiger partial charge in [0.25, 0.3) is 5.56 Å². The van der Waals surface area contributed by atoms with Crippen molar-refractivity contribution in [2.24, 2.45) is 0 Å². The van der Waals surface area contributed by atoms with Crippen molar-refractivity contribution in [3.63, 3.8) is 0 Å². The Morgan fingerprint density at radius 2 is 1.70 bits per heavy atom. The molecule has 0 spiro atoms. The summed E-state index contributed by atoms with van der Waals surface area (Å²) in [7, 11) is 0. The van der Waals surface area contributed by atoms with Gasteiger partial charge in [-0.25, -0.2) is 4.39 Å². The summed E-state index contributed by atoms with van der Waals surface area (Å²) in [5.41, 5.74) is 2.09. The van der Waals surface area contributed by atoms with Gasteiger partial charge in [-0.15, -0.1) is 0 Å². The van der Waals surface area contributed by atoms with E-state index >= 15 is 0 Å². The summed E-state index contributed by atoms with van der Waals surface area (Å²) in [6.07, 6.45) is 5.19. The highest BCUT2D eigenvalue weighted by Gasteiger charge is 2.42. The molecule has 1 amide bonds. The number of carbonyl (C=O) groups excluding carboxylic acids is 1. The zero-order valence-electron chi connectivity index (χ0n) is 16.8. The first-order valence-electron chi connectivity index (χ1n) is 10.3. The Bertz CT molecular complexity index is 1080. The van der Waals surface area contributed by atoms with Crippen molar-refractivity contribution >= 4 is 5.91 Å². The molecule has 2 aromatic carbocycles. The summed E-state index contributed by atoms with van der Waals surface area (Å²) in [6.45, 7) is 0.927. The molecule has 3 aromatic rings. The summed E-state index contributed by atoms with van der Waals surface area (Å²) < 4.78 is 15.4. The van der Waals surface area contributed by atoms with Gasteiger partial charge in [0, 0.05) is 18.8 Å². The molecule has 0 bridgehead atoms. The summed E-state index contributed by atoms with van der Waals surface area (Å²) in [5.74, 6) is -0.342. The van der Waals surface area contributed by atoms with E-state index in [4.69, 9.17) is 0 Å². The number of hydrogen-bond donors (Lipinski definition) is 1. The van der Waals surface area contributed by atoms with Gasteiger partial charge in [0.15, 0.2) is 0 Å². The molecule has 1 N–H and O–H groups in total. The van der Waals surface area contributed by atoms with Crippen molar-refractivity contribution in [3.05, 3.63) is 106 Å². The van der Waals surface area contributed by atoms with Crippen LogP contribution in [0.25, 0.3) is 0 Å². The second kappa shape index (κ2) is 8.66. The molecule has 154 valence electrons. The fourth-order valence-corrected chi connectivity index (χ4v) is 4.31. The second-order valence-electron chi connectivity index (χ2n) is 7.97. The number of hydrogen-bond acceptors (Lipinski definition) is 2. The molecule has 1 aliphatic rings. The highest BCUT2D eigenvalue weighted by atomic mass is 19.1. The third-order valence-corrected chi connectivity index (χ3v) is 6.00. The van der Waals surface area contributed by atoms with Crippen LogP contribution in [0.1, 0.15) is 42.4 Å². The number of benzene rings is 2. The van der Waals surface area contributed by atoms with E-state index in [0.29, 0.717) is 13.1 Å². The van der Waals surface area contributed by atoms with Crippen molar-refractivity contribution in [1.29, 1.82) is 0 Å². The number of nitrogens with one attached hydrogen (secondary N) is 1. The highest BCUT2D eigenvalue weighted by Crippen LogP contribution is 2.41. The number of halogens is 1. The molecule has 1 aromatic heterocycles. The van der Waals surface area contributed by atoms with E-state index in [2.05, 4.69) is 5.32 Å². The minimum absolute atomic E-state index is 0.0342. The first kappa shape index (κ1) is 20.1. The standard InChI is InChI=1S/C25H25FN2O2/c26-22-7-5-6-21(16-22)25(13-2-3-14-25)24(30)27-17-19-9-11-20(12-10-19)18-28-15-4-1-8-23(28)29/h1,4-12,15-16H,2-3,13-14,17-18H2,(H,27,30). The fourth-order valence-electron chi connectivity index (χ4n) is 4.31. The molecule has 0 radical (unpaired) electrons. The van der Waals surface area contributed by atoms with Crippen LogP contribution in [-0.2, 0) is 23.3 Å². The topological polar surface area (TPSA) is 51.1 Å². The van der Waals surface area contributed by atoms with E-state index in [0.717, 1.165) is 42.4 Å². The summed E-state index contributed by atoms with van der Waals surface area (Å²) in [4.78, 5) is 25.0. The number of nitrogens with zero attached hydrogens (tertiary/aromatic N) is 1. The minimum Gasteiger partial charge on any atom is -0.351 e. The zero-order valence-corrected chi connectivity index (χ0v) is 16.8. The largest absolute Gasteiger partial charge is 0.351 e. The van der Waals surface area contributed by atoms with Crippen molar-refractivity contribution < 1.29 is 9.18 Å². The van der Waals surface area contributed by atoms with Crippen LogP contribution in [0, 0.1) is 5.82 Å². The van der Waals surface area contributed by atoms with Crippen molar-refractivity contribution in [3.8, 4) is 0 Å². The van der Waals surface area contributed by atoms with Crippen LogP contribution in [0.3, 0.4) is 0 Å². The maximum Gasteiger partial charge on any atom is 0.250 e. The smallest absolute Gasteiger partial charge is 0.250 e. The van der Waals surface area contributed by atoms with Crippen LogP contribution >= 0.6 is 0 Å². The van der Waals surface area contributed by atoms with Crippen LogP contribution < -0.4 is 10.9 Å². The van der Waals surface area contributed by atoms with Crippen molar-refractivity contribution in [2.45, 2.75) is 44.2 Å². The van der Waals surface area contributed by atoms with Crippen LogP contribution in [0.4, 0.5) is 4.39 Å².